The highest BCUT2D eigenvalue weighted by Crippen LogP contribution is 2.35. The van der Waals surface area contributed by atoms with Gasteiger partial charge in [-0.1, -0.05) is 24.3 Å². The number of rotatable bonds is 0. The maximum absolute atomic E-state index is 4.69. The molecule has 6 aromatic rings. The number of H-pyrrole nitrogens is 1. The number of nitrogens with one attached hydrogen (secondary N) is 1. The van der Waals surface area contributed by atoms with Crippen LogP contribution in [0.15, 0.2) is 67.3 Å². The van der Waals surface area contributed by atoms with Crippen LogP contribution in [-0.2, 0) is 7.05 Å². The van der Waals surface area contributed by atoms with Crippen LogP contribution in [0.3, 0.4) is 0 Å². The topological polar surface area (TPSA) is 37.0 Å². The van der Waals surface area contributed by atoms with Gasteiger partial charge in [0, 0.05) is 33.9 Å². The van der Waals surface area contributed by atoms with Crippen LogP contribution in [0, 0.1) is 0 Å². The summed E-state index contributed by atoms with van der Waals surface area (Å²) < 4.78 is 4.36. The molecule has 0 aliphatic rings. The first-order chi connectivity index (χ1) is 12.3. The minimum atomic E-state index is 0.999. The van der Waals surface area contributed by atoms with Gasteiger partial charge in [-0.3, -0.25) is 4.40 Å². The van der Waals surface area contributed by atoms with Crippen LogP contribution < -0.4 is 4.57 Å². The predicted octanol–water partition coefficient (Wildman–Crippen LogP) is 4.10. The van der Waals surface area contributed by atoms with E-state index < -0.39 is 0 Å². The van der Waals surface area contributed by atoms with Crippen molar-refractivity contribution in [2.75, 3.05) is 0 Å². The highest BCUT2D eigenvalue weighted by atomic mass is 15.0. The van der Waals surface area contributed by atoms with Crippen LogP contribution in [0.2, 0.25) is 0 Å². The molecule has 0 aliphatic heterocycles. The summed E-state index contributed by atoms with van der Waals surface area (Å²) in [5.74, 6) is 0. The van der Waals surface area contributed by atoms with Crippen LogP contribution in [0.25, 0.3) is 49.1 Å². The molecule has 0 bridgehead atoms. The average Bonchev–Trinajstić information content (AvgIpc) is 3.22. The van der Waals surface area contributed by atoms with Gasteiger partial charge in [-0.2, -0.15) is 0 Å². The second kappa shape index (κ2) is 4.36. The van der Waals surface area contributed by atoms with Crippen molar-refractivity contribution >= 4 is 49.1 Å². The van der Waals surface area contributed by atoms with Gasteiger partial charge in [-0.05, 0) is 29.7 Å². The Bertz CT molecular complexity index is 1450. The lowest BCUT2D eigenvalue weighted by Gasteiger charge is -2.08. The predicted molar refractivity (Wildman–Crippen MR) is 101 cm³/mol. The van der Waals surface area contributed by atoms with Crippen molar-refractivity contribution in [2.24, 2.45) is 7.05 Å². The van der Waals surface area contributed by atoms with Crippen molar-refractivity contribution < 1.29 is 4.57 Å². The van der Waals surface area contributed by atoms with Gasteiger partial charge >= 0.3 is 0 Å². The maximum Gasteiger partial charge on any atom is 0.242 e. The second-order valence-corrected chi connectivity index (χ2v) is 6.61. The largest absolute Gasteiger partial charge is 0.299 e. The Kier molecular flexibility index (Phi) is 2.26. The summed E-state index contributed by atoms with van der Waals surface area (Å²) in [5, 5.41) is 6.15. The molecule has 0 aliphatic carbocycles. The molecule has 1 N–H and O–H groups in total. The van der Waals surface area contributed by atoms with Crippen molar-refractivity contribution in [3.63, 3.8) is 0 Å². The van der Waals surface area contributed by atoms with Gasteiger partial charge in [0.1, 0.15) is 5.65 Å². The van der Waals surface area contributed by atoms with Gasteiger partial charge in [0.05, 0.1) is 12.6 Å². The number of fused-ring (bicyclic) bond motifs is 9. The molecule has 6 rings (SSSR count). The molecule has 4 aromatic heterocycles. The summed E-state index contributed by atoms with van der Waals surface area (Å²) in [4.78, 5) is 8.06. The molecule has 0 amide bonds. The van der Waals surface area contributed by atoms with E-state index in [1.165, 1.54) is 38.0 Å². The zero-order chi connectivity index (χ0) is 16.5. The number of nitrogens with zero attached hydrogens (tertiary/aromatic N) is 3. The minimum Gasteiger partial charge on any atom is -0.299 e. The monoisotopic (exact) mass is 323 g/mol. The third-order valence-corrected chi connectivity index (χ3v) is 5.21. The standard InChI is InChI=1S/C21H14N4/c1-24-12-23-18-9-17-16(10-19(18)24)15-7-4-8-22-21(15)25-11-13-5-2-3-6-14(13)20(17)25/h2-12H,1H3/p+1. The van der Waals surface area contributed by atoms with Crippen LogP contribution in [-0.4, -0.2) is 14.4 Å². The number of benzene rings is 2. The Hall–Kier alpha value is -3.40. The smallest absolute Gasteiger partial charge is 0.242 e. The van der Waals surface area contributed by atoms with Gasteiger partial charge in [0.25, 0.3) is 0 Å². The fourth-order valence-electron chi connectivity index (χ4n) is 4.05. The molecular formula is C21H15N4+. The number of hydrogen-bond donors (Lipinski definition) is 1. The SMILES string of the molecule is C[n+]1c[nH]c2cc3c(cc21)c1cccnc1n1cc2ccccc2c31. The van der Waals surface area contributed by atoms with Crippen LogP contribution in [0.1, 0.15) is 0 Å². The molecule has 118 valence electrons. The van der Waals surface area contributed by atoms with E-state index in [4.69, 9.17) is 4.98 Å². The molecule has 0 spiro atoms. The van der Waals surface area contributed by atoms with E-state index in [9.17, 15) is 0 Å². The highest BCUT2D eigenvalue weighted by Gasteiger charge is 2.16. The van der Waals surface area contributed by atoms with Crippen molar-refractivity contribution in [1.82, 2.24) is 14.4 Å². The first-order valence-electron chi connectivity index (χ1n) is 8.38. The lowest BCUT2D eigenvalue weighted by molar-refractivity contribution is -0.644. The zero-order valence-corrected chi connectivity index (χ0v) is 13.7. The molecule has 0 unspecified atom stereocenters. The number of imidazole rings is 1. The van der Waals surface area contributed by atoms with Gasteiger partial charge in [-0.15, -0.1) is 0 Å². The fraction of sp³-hybridized carbons (Fsp3) is 0.0476. The lowest BCUT2D eigenvalue weighted by Crippen LogP contribution is -2.24. The van der Waals surface area contributed by atoms with Gasteiger partial charge in [0.2, 0.25) is 6.33 Å². The Morgan fingerprint density at radius 3 is 2.80 bits per heavy atom. The quantitative estimate of drug-likeness (QED) is 0.332. The number of aromatic nitrogens is 4. The van der Waals surface area contributed by atoms with Crippen LogP contribution in [0.4, 0.5) is 0 Å². The summed E-state index contributed by atoms with van der Waals surface area (Å²) in [7, 11) is 2.07. The molecule has 4 nitrogen and oxygen atoms in total. The highest BCUT2D eigenvalue weighted by molar-refractivity contribution is 6.20. The number of pyridine rings is 2. The summed E-state index contributed by atoms with van der Waals surface area (Å²) in [6.45, 7) is 0. The van der Waals surface area contributed by atoms with E-state index in [1.54, 1.807) is 0 Å². The number of hydrogen-bond acceptors (Lipinski definition) is 1. The molecule has 0 radical (unpaired) electrons. The van der Waals surface area contributed by atoms with Crippen LogP contribution >= 0.6 is 0 Å². The normalized spacial score (nSPS) is 12.2. The molecule has 25 heavy (non-hydrogen) atoms. The summed E-state index contributed by atoms with van der Waals surface area (Å²) in [6.07, 6.45) is 6.06. The van der Waals surface area contributed by atoms with Gasteiger partial charge < -0.3 is 0 Å². The van der Waals surface area contributed by atoms with E-state index in [2.05, 4.69) is 69.7 Å². The molecule has 0 fully saturated rings. The van der Waals surface area contributed by atoms with Crippen molar-refractivity contribution in [3.8, 4) is 0 Å². The second-order valence-electron chi connectivity index (χ2n) is 6.61. The van der Waals surface area contributed by atoms with Crippen molar-refractivity contribution in [3.05, 3.63) is 67.3 Å². The van der Waals surface area contributed by atoms with Gasteiger partial charge in [-0.25, -0.2) is 14.5 Å². The van der Waals surface area contributed by atoms with Crippen LogP contribution in [0.5, 0.6) is 0 Å². The first-order valence-corrected chi connectivity index (χ1v) is 8.38. The molecule has 0 saturated heterocycles. The minimum absolute atomic E-state index is 0.999. The van der Waals surface area contributed by atoms with Crippen molar-refractivity contribution in [1.29, 1.82) is 0 Å². The molecular weight excluding hydrogens is 308 g/mol. The average molecular weight is 323 g/mol. The Morgan fingerprint density at radius 2 is 1.84 bits per heavy atom. The van der Waals surface area contributed by atoms with E-state index in [0.717, 1.165) is 11.2 Å². The molecule has 0 atom stereocenters. The maximum atomic E-state index is 4.69. The molecule has 0 saturated carbocycles. The molecule has 2 aromatic carbocycles. The summed E-state index contributed by atoms with van der Waals surface area (Å²) in [5.41, 5.74) is 4.55. The Morgan fingerprint density at radius 1 is 0.960 bits per heavy atom. The lowest BCUT2D eigenvalue weighted by atomic mass is 10.0. The fourth-order valence-corrected chi connectivity index (χ4v) is 4.05. The van der Waals surface area contributed by atoms with E-state index in [1.807, 2.05) is 18.6 Å². The van der Waals surface area contributed by atoms with Gasteiger partial charge in [0.15, 0.2) is 11.0 Å². The first kappa shape index (κ1) is 13.0. The Labute approximate surface area is 142 Å². The number of aromatic amines is 1. The Balaban J connectivity index is 2.03. The summed E-state index contributed by atoms with van der Waals surface area (Å²) >= 11 is 0. The van der Waals surface area contributed by atoms with E-state index in [0.29, 0.717) is 0 Å². The third kappa shape index (κ3) is 1.56. The molecule has 4 heteroatoms. The third-order valence-electron chi connectivity index (χ3n) is 5.21. The zero-order valence-electron chi connectivity index (χ0n) is 13.7. The number of aryl methyl sites for hydroxylation is 1. The van der Waals surface area contributed by atoms with Crippen molar-refractivity contribution in [2.45, 2.75) is 0 Å². The van der Waals surface area contributed by atoms with E-state index in [-0.39, 0.29) is 0 Å². The summed E-state index contributed by atoms with van der Waals surface area (Å²) in [6, 6.07) is 17.2. The van der Waals surface area contributed by atoms with E-state index >= 15 is 0 Å². The molecule has 4 heterocycles.